The van der Waals surface area contributed by atoms with Gasteiger partial charge in [0, 0.05) is 12.6 Å². The van der Waals surface area contributed by atoms with Crippen LogP contribution in [0.2, 0.25) is 0 Å². The summed E-state index contributed by atoms with van der Waals surface area (Å²) in [6.07, 6.45) is 0. The minimum atomic E-state index is 0.165. The van der Waals surface area contributed by atoms with Gasteiger partial charge in [-0.2, -0.15) is 5.10 Å². The second-order valence-corrected chi connectivity index (χ2v) is 5.51. The molecule has 0 amide bonds. The van der Waals surface area contributed by atoms with Crippen LogP contribution in [0.5, 0.6) is 0 Å². The highest BCUT2D eigenvalue weighted by Gasteiger charge is 2.14. The summed E-state index contributed by atoms with van der Waals surface area (Å²) in [4.78, 5) is 4.42. The highest BCUT2D eigenvalue weighted by Crippen LogP contribution is 2.24. The second-order valence-electron chi connectivity index (χ2n) is 5.51. The van der Waals surface area contributed by atoms with Crippen LogP contribution in [0.1, 0.15) is 32.2 Å². The first kappa shape index (κ1) is 12.8. The van der Waals surface area contributed by atoms with Crippen molar-refractivity contribution in [3.63, 3.8) is 0 Å². The molecule has 2 aromatic rings. The van der Waals surface area contributed by atoms with Gasteiger partial charge in [0.15, 0.2) is 5.82 Å². The number of nitrogens with two attached hydrogens (primary N) is 1. The first-order valence-electron chi connectivity index (χ1n) is 6.12. The Kier molecular flexibility index (Phi) is 3.22. The fourth-order valence-corrected chi connectivity index (χ4v) is 1.84. The summed E-state index contributed by atoms with van der Waals surface area (Å²) >= 11 is 0. The van der Waals surface area contributed by atoms with Crippen molar-refractivity contribution in [3.8, 4) is 11.4 Å². The molecule has 0 aliphatic heterocycles. The molecule has 0 spiro atoms. The fraction of sp³-hybridized carbons (Fsp3) is 0.429. The van der Waals surface area contributed by atoms with Gasteiger partial charge in [-0.15, -0.1) is 0 Å². The molecular weight excluding hydrogens is 224 g/mol. The first-order chi connectivity index (χ1) is 8.41. The van der Waals surface area contributed by atoms with Gasteiger partial charge in [0.1, 0.15) is 5.82 Å². The molecule has 1 aromatic carbocycles. The molecule has 0 bridgehead atoms. The third kappa shape index (κ3) is 2.43. The molecule has 0 aliphatic carbocycles. The first-order valence-corrected chi connectivity index (χ1v) is 6.12. The summed E-state index contributed by atoms with van der Waals surface area (Å²) in [5.74, 6) is 1.53. The van der Waals surface area contributed by atoms with Crippen LogP contribution < -0.4 is 5.73 Å². The van der Waals surface area contributed by atoms with Gasteiger partial charge in [0.05, 0.1) is 6.54 Å². The molecule has 18 heavy (non-hydrogen) atoms. The van der Waals surface area contributed by atoms with Crippen LogP contribution in [0, 0.1) is 0 Å². The zero-order chi connectivity index (χ0) is 13.3. The lowest BCUT2D eigenvalue weighted by Crippen LogP contribution is -2.10. The van der Waals surface area contributed by atoms with Crippen molar-refractivity contribution in [1.29, 1.82) is 0 Å². The summed E-state index contributed by atoms with van der Waals surface area (Å²) in [6.45, 7) is 7.01. The van der Waals surface area contributed by atoms with Gasteiger partial charge in [-0.1, -0.05) is 45.0 Å². The van der Waals surface area contributed by atoms with E-state index >= 15 is 0 Å². The molecule has 0 aliphatic rings. The van der Waals surface area contributed by atoms with E-state index in [2.05, 4.69) is 55.1 Å². The summed E-state index contributed by atoms with van der Waals surface area (Å²) in [7, 11) is 1.86. The van der Waals surface area contributed by atoms with E-state index in [4.69, 9.17) is 5.73 Å². The zero-order valence-electron chi connectivity index (χ0n) is 11.4. The Bertz CT molecular complexity index is 532. The van der Waals surface area contributed by atoms with E-state index in [1.807, 2.05) is 7.05 Å². The van der Waals surface area contributed by atoms with E-state index in [1.165, 1.54) is 5.56 Å². The molecule has 0 radical (unpaired) electrons. The zero-order valence-corrected chi connectivity index (χ0v) is 11.4. The molecule has 2 N–H and O–H groups in total. The van der Waals surface area contributed by atoms with Gasteiger partial charge >= 0.3 is 0 Å². The molecule has 0 saturated carbocycles. The molecule has 4 nitrogen and oxygen atoms in total. The monoisotopic (exact) mass is 244 g/mol. The van der Waals surface area contributed by atoms with Crippen molar-refractivity contribution in [1.82, 2.24) is 14.8 Å². The fourth-order valence-electron chi connectivity index (χ4n) is 1.84. The SMILES string of the molecule is Cn1nc(-c2ccc(C(C)(C)C)cc2)nc1CN. The Morgan fingerprint density at radius 1 is 1.17 bits per heavy atom. The van der Waals surface area contributed by atoms with Gasteiger partial charge in [-0.05, 0) is 11.0 Å². The molecule has 2 rings (SSSR count). The molecular formula is C14H20N4. The molecule has 96 valence electrons. The Hall–Kier alpha value is -1.68. The molecule has 0 saturated heterocycles. The third-order valence-corrected chi connectivity index (χ3v) is 3.04. The van der Waals surface area contributed by atoms with Crippen molar-refractivity contribution in [2.75, 3.05) is 0 Å². The van der Waals surface area contributed by atoms with Crippen LogP contribution in [0.4, 0.5) is 0 Å². The average Bonchev–Trinajstić information content (AvgIpc) is 2.69. The summed E-state index contributed by atoms with van der Waals surface area (Å²) in [5.41, 5.74) is 8.10. The van der Waals surface area contributed by atoms with Crippen molar-refractivity contribution in [2.45, 2.75) is 32.7 Å². The maximum Gasteiger partial charge on any atom is 0.181 e. The largest absolute Gasteiger partial charge is 0.324 e. The van der Waals surface area contributed by atoms with E-state index in [9.17, 15) is 0 Å². The predicted molar refractivity (Wildman–Crippen MR) is 73.0 cm³/mol. The minimum Gasteiger partial charge on any atom is -0.324 e. The van der Waals surface area contributed by atoms with E-state index in [0.717, 1.165) is 17.2 Å². The standard InChI is InChI=1S/C14H20N4/c1-14(2,3)11-7-5-10(6-8-11)13-16-12(9-15)18(4)17-13/h5-8H,9,15H2,1-4H3. The molecule has 0 atom stereocenters. The lowest BCUT2D eigenvalue weighted by Gasteiger charge is -2.18. The van der Waals surface area contributed by atoms with Crippen molar-refractivity contribution < 1.29 is 0 Å². The van der Waals surface area contributed by atoms with Gasteiger partial charge in [-0.25, -0.2) is 4.98 Å². The number of aryl methyl sites for hydroxylation is 1. The summed E-state index contributed by atoms with van der Waals surface area (Å²) in [5, 5.41) is 4.37. The van der Waals surface area contributed by atoms with Crippen LogP contribution in [-0.4, -0.2) is 14.8 Å². The van der Waals surface area contributed by atoms with Gasteiger partial charge in [0.2, 0.25) is 0 Å². The Balaban J connectivity index is 2.34. The molecule has 0 fully saturated rings. The predicted octanol–water partition coefficient (Wildman–Crippen LogP) is 2.24. The number of aromatic nitrogens is 3. The number of hydrogen-bond acceptors (Lipinski definition) is 3. The van der Waals surface area contributed by atoms with Crippen LogP contribution in [0.3, 0.4) is 0 Å². The normalized spacial score (nSPS) is 11.8. The maximum atomic E-state index is 5.60. The topological polar surface area (TPSA) is 56.7 Å². The maximum absolute atomic E-state index is 5.60. The Morgan fingerprint density at radius 2 is 1.78 bits per heavy atom. The lowest BCUT2D eigenvalue weighted by atomic mass is 9.87. The number of nitrogens with zero attached hydrogens (tertiary/aromatic N) is 3. The van der Waals surface area contributed by atoms with Crippen LogP contribution >= 0.6 is 0 Å². The molecule has 0 unspecified atom stereocenters. The van der Waals surface area contributed by atoms with Crippen LogP contribution in [0.25, 0.3) is 11.4 Å². The van der Waals surface area contributed by atoms with E-state index < -0.39 is 0 Å². The smallest absolute Gasteiger partial charge is 0.181 e. The molecule has 1 aromatic heterocycles. The van der Waals surface area contributed by atoms with Gasteiger partial charge in [0.25, 0.3) is 0 Å². The van der Waals surface area contributed by atoms with Gasteiger partial charge < -0.3 is 5.73 Å². The van der Waals surface area contributed by atoms with Crippen molar-refractivity contribution in [3.05, 3.63) is 35.7 Å². The highest BCUT2D eigenvalue weighted by molar-refractivity contribution is 5.55. The second kappa shape index (κ2) is 4.53. The Morgan fingerprint density at radius 3 is 2.22 bits per heavy atom. The molecule has 4 heteroatoms. The quantitative estimate of drug-likeness (QED) is 0.881. The average molecular weight is 244 g/mol. The minimum absolute atomic E-state index is 0.165. The van der Waals surface area contributed by atoms with E-state index in [-0.39, 0.29) is 5.41 Å². The van der Waals surface area contributed by atoms with Crippen molar-refractivity contribution in [2.24, 2.45) is 12.8 Å². The lowest BCUT2D eigenvalue weighted by molar-refractivity contribution is 0.590. The van der Waals surface area contributed by atoms with Crippen LogP contribution in [0.15, 0.2) is 24.3 Å². The number of benzene rings is 1. The summed E-state index contributed by atoms with van der Waals surface area (Å²) in [6, 6.07) is 8.40. The Labute approximate surface area is 108 Å². The van der Waals surface area contributed by atoms with Gasteiger partial charge in [-0.3, -0.25) is 4.68 Å². The number of rotatable bonds is 2. The van der Waals surface area contributed by atoms with Crippen LogP contribution in [-0.2, 0) is 19.0 Å². The summed E-state index contributed by atoms with van der Waals surface area (Å²) < 4.78 is 1.73. The number of hydrogen-bond donors (Lipinski definition) is 1. The van der Waals surface area contributed by atoms with E-state index in [0.29, 0.717) is 6.54 Å². The van der Waals surface area contributed by atoms with E-state index in [1.54, 1.807) is 4.68 Å². The highest BCUT2D eigenvalue weighted by atomic mass is 15.3. The van der Waals surface area contributed by atoms with Crippen molar-refractivity contribution >= 4 is 0 Å². The third-order valence-electron chi connectivity index (χ3n) is 3.04. The molecule has 1 heterocycles.